The largest absolute Gasteiger partial charge is 0.330 e. The van der Waals surface area contributed by atoms with Crippen LogP contribution in [0.15, 0.2) is 0 Å². The first kappa shape index (κ1) is 14.5. The van der Waals surface area contributed by atoms with Crippen LogP contribution in [0.4, 0.5) is 0 Å². The maximum atomic E-state index is 5.84. The summed E-state index contributed by atoms with van der Waals surface area (Å²) in [6, 6.07) is 0.803. The van der Waals surface area contributed by atoms with Crippen molar-refractivity contribution in [1.82, 2.24) is 4.90 Å². The van der Waals surface area contributed by atoms with E-state index in [4.69, 9.17) is 5.73 Å². The van der Waals surface area contributed by atoms with Crippen molar-refractivity contribution in [1.29, 1.82) is 0 Å². The van der Waals surface area contributed by atoms with Crippen LogP contribution in [0.2, 0.25) is 0 Å². The fourth-order valence-corrected chi connectivity index (χ4v) is 6.85. The molecule has 21 heavy (non-hydrogen) atoms. The summed E-state index contributed by atoms with van der Waals surface area (Å²) in [6.45, 7) is 3.59. The second kappa shape index (κ2) is 5.85. The number of piperidine rings is 1. The lowest BCUT2D eigenvalue weighted by molar-refractivity contribution is -0.0634. The van der Waals surface area contributed by atoms with E-state index in [1.54, 1.807) is 38.5 Å². The molecule has 2 N–H and O–H groups in total. The Morgan fingerprint density at radius 1 is 0.952 bits per heavy atom. The van der Waals surface area contributed by atoms with Crippen molar-refractivity contribution >= 4 is 0 Å². The normalized spacial score (nSPS) is 46.1. The predicted molar refractivity (Wildman–Crippen MR) is 88.1 cm³/mol. The van der Waals surface area contributed by atoms with E-state index in [0.717, 1.165) is 35.8 Å². The highest BCUT2D eigenvalue weighted by molar-refractivity contribution is 5.01. The van der Waals surface area contributed by atoms with Crippen LogP contribution >= 0.6 is 0 Å². The Labute approximate surface area is 130 Å². The third-order valence-corrected chi connectivity index (χ3v) is 7.34. The Balaban J connectivity index is 1.37. The number of rotatable bonds is 5. The maximum absolute atomic E-state index is 5.84. The second-order valence-corrected chi connectivity index (χ2v) is 8.93. The first-order valence-corrected chi connectivity index (χ1v) is 9.70. The molecule has 4 bridgehead atoms. The minimum atomic E-state index is 0.763. The molecule has 0 aromatic heterocycles. The van der Waals surface area contributed by atoms with Crippen LogP contribution in [0.3, 0.4) is 0 Å². The SMILES string of the molecule is NCCC1CCCCN1CCC12CC3CC(CC(C3)C1)C2. The summed E-state index contributed by atoms with van der Waals surface area (Å²) in [5.41, 5.74) is 6.60. The molecule has 1 unspecified atom stereocenters. The Bertz CT molecular complexity index is 327. The fraction of sp³-hybridized carbons (Fsp3) is 1.00. The van der Waals surface area contributed by atoms with Gasteiger partial charge in [0.05, 0.1) is 0 Å². The van der Waals surface area contributed by atoms with E-state index in [-0.39, 0.29) is 0 Å². The van der Waals surface area contributed by atoms with Gasteiger partial charge in [-0.1, -0.05) is 6.42 Å². The van der Waals surface area contributed by atoms with Gasteiger partial charge in [0, 0.05) is 6.04 Å². The van der Waals surface area contributed by atoms with E-state index in [1.807, 2.05) is 0 Å². The summed E-state index contributed by atoms with van der Waals surface area (Å²) in [5, 5.41) is 0. The van der Waals surface area contributed by atoms with E-state index >= 15 is 0 Å². The van der Waals surface area contributed by atoms with Gasteiger partial charge in [-0.15, -0.1) is 0 Å². The molecule has 1 heterocycles. The van der Waals surface area contributed by atoms with Crippen molar-refractivity contribution in [3.63, 3.8) is 0 Å². The summed E-state index contributed by atoms with van der Waals surface area (Å²) in [6.07, 6.45) is 16.4. The molecular formula is C19H34N2. The third-order valence-electron chi connectivity index (χ3n) is 7.34. The molecule has 1 atom stereocenters. The van der Waals surface area contributed by atoms with Crippen LogP contribution in [0.1, 0.15) is 70.6 Å². The molecule has 2 nitrogen and oxygen atoms in total. The van der Waals surface area contributed by atoms with E-state index in [1.165, 1.54) is 45.2 Å². The third kappa shape index (κ3) is 2.91. The van der Waals surface area contributed by atoms with Crippen LogP contribution in [0.25, 0.3) is 0 Å². The maximum Gasteiger partial charge on any atom is 0.0107 e. The van der Waals surface area contributed by atoms with Crippen molar-refractivity contribution in [3.05, 3.63) is 0 Å². The van der Waals surface area contributed by atoms with E-state index in [0.29, 0.717) is 0 Å². The zero-order valence-electron chi connectivity index (χ0n) is 13.7. The molecule has 0 amide bonds. The first-order valence-electron chi connectivity index (χ1n) is 9.70. The molecule has 4 saturated carbocycles. The number of nitrogens with zero attached hydrogens (tertiary/aromatic N) is 1. The number of likely N-dealkylation sites (tertiary alicyclic amines) is 1. The van der Waals surface area contributed by atoms with Gasteiger partial charge in [-0.3, -0.25) is 0 Å². The molecule has 5 rings (SSSR count). The number of hydrogen-bond acceptors (Lipinski definition) is 2. The van der Waals surface area contributed by atoms with Gasteiger partial charge in [0.15, 0.2) is 0 Å². The lowest BCUT2D eigenvalue weighted by Gasteiger charge is -2.57. The van der Waals surface area contributed by atoms with Gasteiger partial charge in [0.1, 0.15) is 0 Å². The second-order valence-electron chi connectivity index (χ2n) is 8.93. The van der Waals surface area contributed by atoms with Crippen LogP contribution < -0.4 is 5.73 Å². The fourth-order valence-electron chi connectivity index (χ4n) is 6.85. The molecule has 0 aromatic carbocycles. The van der Waals surface area contributed by atoms with Gasteiger partial charge < -0.3 is 10.6 Å². The van der Waals surface area contributed by atoms with Crippen molar-refractivity contribution < 1.29 is 0 Å². The quantitative estimate of drug-likeness (QED) is 0.834. The van der Waals surface area contributed by atoms with E-state index < -0.39 is 0 Å². The number of nitrogens with two attached hydrogens (primary N) is 1. The minimum absolute atomic E-state index is 0.763. The van der Waals surface area contributed by atoms with Gasteiger partial charge in [-0.25, -0.2) is 0 Å². The van der Waals surface area contributed by atoms with Crippen molar-refractivity contribution in [2.45, 2.75) is 76.7 Å². The zero-order chi connectivity index (χ0) is 14.3. The molecule has 0 radical (unpaired) electrons. The molecule has 5 fully saturated rings. The van der Waals surface area contributed by atoms with E-state index in [2.05, 4.69) is 4.90 Å². The molecule has 2 heteroatoms. The van der Waals surface area contributed by atoms with Crippen LogP contribution in [-0.2, 0) is 0 Å². The molecule has 0 aromatic rings. The van der Waals surface area contributed by atoms with Gasteiger partial charge in [0.25, 0.3) is 0 Å². The first-order chi connectivity index (χ1) is 10.3. The monoisotopic (exact) mass is 290 g/mol. The summed E-state index contributed by atoms with van der Waals surface area (Å²) in [5.74, 6) is 3.33. The molecule has 120 valence electrons. The average Bonchev–Trinajstić information content (AvgIpc) is 2.45. The summed E-state index contributed by atoms with van der Waals surface area (Å²) in [4.78, 5) is 2.81. The van der Waals surface area contributed by atoms with Gasteiger partial charge in [-0.2, -0.15) is 0 Å². The Kier molecular flexibility index (Phi) is 4.04. The van der Waals surface area contributed by atoms with Crippen molar-refractivity contribution in [2.24, 2.45) is 28.9 Å². The highest BCUT2D eigenvalue weighted by Gasteiger charge is 2.50. The van der Waals surface area contributed by atoms with Crippen LogP contribution in [-0.4, -0.2) is 30.6 Å². The lowest BCUT2D eigenvalue weighted by atomic mass is 9.49. The van der Waals surface area contributed by atoms with Crippen molar-refractivity contribution in [2.75, 3.05) is 19.6 Å². The van der Waals surface area contributed by atoms with E-state index in [9.17, 15) is 0 Å². The topological polar surface area (TPSA) is 29.3 Å². The Hall–Kier alpha value is -0.0800. The lowest BCUT2D eigenvalue weighted by Crippen LogP contribution is -2.48. The van der Waals surface area contributed by atoms with Gasteiger partial charge in [-0.05, 0) is 107 Å². The highest BCUT2D eigenvalue weighted by atomic mass is 15.2. The van der Waals surface area contributed by atoms with Gasteiger partial charge in [0.2, 0.25) is 0 Å². The molecule has 4 aliphatic carbocycles. The Morgan fingerprint density at radius 2 is 1.62 bits per heavy atom. The van der Waals surface area contributed by atoms with Gasteiger partial charge >= 0.3 is 0 Å². The minimum Gasteiger partial charge on any atom is -0.330 e. The average molecular weight is 290 g/mol. The number of hydrogen-bond donors (Lipinski definition) is 1. The zero-order valence-corrected chi connectivity index (χ0v) is 13.7. The molecule has 1 aliphatic heterocycles. The van der Waals surface area contributed by atoms with Crippen LogP contribution in [0, 0.1) is 23.2 Å². The summed E-state index contributed by atoms with van der Waals surface area (Å²) >= 11 is 0. The highest BCUT2D eigenvalue weighted by Crippen LogP contribution is 2.61. The molecule has 0 spiro atoms. The standard InChI is InChI=1S/C19H34N2/c20-6-4-18-3-1-2-7-21(18)8-5-19-12-15-9-16(13-19)11-17(10-15)14-19/h15-18H,1-14,20H2. The van der Waals surface area contributed by atoms with Crippen molar-refractivity contribution in [3.8, 4) is 0 Å². The molecule has 5 aliphatic rings. The van der Waals surface area contributed by atoms with Crippen LogP contribution in [0.5, 0.6) is 0 Å². The molecular weight excluding hydrogens is 256 g/mol. The summed E-state index contributed by atoms with van der Waals surface area (Å²) in [7, 11) is 0. The molecule has 1 saturated heterocycles. The smallest absolute Gasteiger partial charge is 0.0107 e. The Morgan fingerprint density at radius 3 is 2.24 bits per heavy atom. The predicted octanol–water partition coefficient (Wildman–Crippen LogP) is 3.80. The summed E-state index contributed by atoms with van der Waals surface area (Å²) < 4.78 is 0.